The first-order valence-corrected chi connectivity index (χ1v) is 7.17. The summed E-state index contributed by atoms with van der Waals surface area (Å²) in [5, 5.41) is 7.84. The minimum atomic E-state index is 0.291. The van der Waals surface area contributed by atoms with Crippen LogP contribution in [0.1, 0.15) is 17.0 Å². The molecule has 0 radical (unpaired) electrons. The highest BCUT2D eigenvalue weighted by Gasteiger charge is 2.17. The molecule has 0 saturated carbocycles. The van der Waals surface area contributed by atoms with Crippen molar-refractivity contribution >= 4 is 21.6 Å². The van der Waals surface area contributed by atoms with Gasteiger partial charge in [0.2, 0.25) is 6.79 Å². The van der Waals surface area contributed by atoms with Gasteiger partial charge in [0, 0.05) is 18.1 Å². The maximum Gasteiger partial charge on any atom is 0.231 e. The summed E-state index contributed by atoms with van der Waals surface area (Å²) in [4.78, 5) is 0. The van der Waals surface area contributed by atoms with Crippen LogP contribution in [0, 0.1) is 13.8 Å². The van der Waals surface area contributed by atoms with Gasteiger partial charge in [-0.1, -0.05) is 15.9 Å². The predicted octanol–water partition coefficient (Wildman–Crippen LogP) is 3.14. The van der Waals surface area contributed by atoms with Crippen molar-refractivity contribution in [3.63, 3.8) is 0 Å². The normalized spacial score (nSPS) is 12.8. The molecular weight excluding hydrogens is 322 g/mol. The average Bonchev–Trinajstić information content (AvgIpc) is 2.93. The van der Waals surface area contributed by atoms with Gasteiger partial charge in [0.15, 0.2) is 11.5 Å². The molecule has 0 bridgehead atoms. The largest absolute Gasteiger partial charge is 0.454 e. The van der Waals surface area contributed by atoms with E-state index in [1.807, 2.05) is 30.8 Å². The average molecular weight is 338 g/mol. The van der Waals surface area contributed by atoms with E-state index in [0.29, 0.717) is 13.3 Å². The van der Waals surface area contributed by atoms with Crippen LogP contribution in [0.25, 0.3) is 0 Å². The SMILES string of the molecule is Cc1nn(C)c(C)c1NCc1cc2c(cc1Br)OCO2. The Hall–Kier alpha value is -1.69. The molecule has 0 unspecified atom stereocenters. The summed E-state index contributed by atoms with van der Waals surface area (Å²) in [6, 6.07) is 3.95. The lowest BCUT2D eigenvalue weighted by atomic mass is 10.2. The molecule has 5 nitrogen and oxygen atoms in total. The van der Waals surface area contributed by atoms with Crippen molar-refractivity contribution in [1.29, 1.82) is 0 Å². The molecule has 1 aliphatic rings. The van der Waals surface area contributed by atoms with E-state index in [1.165, 1.54) is 0 Å². The number of ether oxygens (including phenoxy) is 2. The monoisotopic (exact) mass is 337 g/mol. The summed E-state index contributed by atoms with van der Waals surface area (Å²) in [5.74, 6) is 1.58. The summed E-state index contributed by atoms with van der Waals surface area (Å²) < 4.78 is 13.7. The standard InChI is InChI=1S/C14H16BrN3O2/c1-8-14(9(2)18(3)17-8)16-6-10-4-12-13(5-11(10)15)20-7-19-12/h4-5,16H,6-7H2,1-3H3. The molecule has 3 rings (SSSR count). The van der Waals surface area contributed by atoms with Gasteiger partial charge >= 0.3 is 0 Å². The van der Waals surface area contributed by atoms with E-state index in [0.717, 1.165) is 38.6 Å². The third kappa shape index (κ3) is 2.24. The highest BCUT2D eigenvalue weighted by Crippen LogP contribution is 2.37. The second kappa shape index (κ2) is 5.01. The molecule has 20 heavy (non-hydrogen) atoms. The molecule has 106 valence electrons. The fourth-order valence-corrected chi connectivity index (χ4v) is 2.77. The Morgan fingerprint density at radius 2 is 2.00 bits per heavy atom. The molecule has 2 aromatic rings. The van der Waals surface area contributed by atoms with E-state index in [4.69, 9.17) is 9.47 Å². The number of hydrogen-bond acceptors (Lipinski definition) is 4. The molecule has 1 N–H and O–H groups in total. The Morgan fingerprint density at radius 3 is 2.65 bits per heavy atom. The Bertz CT molecular complexity index is 667. The molecule has 0 spiro atoms. The van der Waals surface area contributed by atoms with E-state index in [-0.39, 0.29) is 0 Å². The molecule has 1 aromatic carbocycles. The van der Waals surface area contributed by atoms with Crippen LogP contribution in [-0.4, -0.2) is 16.6 Å². The van der Waals surface area contributed by atoms with Crippen LogP contribution in [0.2, 0.25) is 0 Å². The summed E-state index contributed by atoms with van der Waals surface area (Å²) in [6.45, 7) is 5.05. The maximum atomic E-state index is 5.41. The van der Waals surface area contributed by atoms with Crippen molar-refractivity contribution in [1.82, 2.24) is 9.78 Å². The van der Waals surface area contributed by atoms with Crippen molar-refractivity contribution in [2.45, 2.75) is 20.4 Å². The summed E-state index contributed by atoms with van der Waals surface area (Å²) >= 11 is 3.57. The number of fused-ring (bicyclic) bond motifs is 1. The number of nitrogens with zero attached hydrogens (tertiary/aromatic N) is 2. The third-order valence-corrected chi connectivity index (χ3v) is 4.24. The molecule has 6 heteroatoms. The van der Waals surface area contributed by atoms with Crippen molar-refractivity contribution in [3.8, 4) is 11.5 Å². The van der Waals surface area contributed by atoms with Crippen molar-refractivity contribution in [3.05, 3.63) is 33.6 Å². The van der Waals surface area contributed by atoms with Crippen LogP contribution in [-0.2, 0) is 13.6 Å². The van der Waals surface area contributed by atoms with Crippen LogP contribution < -0.4 is 14.8 Å². The highest BCUT2D eigenvalue weighted by atomic mass is 79.9. The lowest BCUT2D eigenvalue weighted by Crippen LogP contribution is -2.02. The number of anilines is 1. The van der Waals surface area contributed by atoms with E-state index >= 15 is 0 Å². The van der Waals surface area contributed by atoms with E-state index in [2.05, 4.69) is 33.3 Å². The molecule has 1 aliphatic heterocycles. The van der Waals surface area contributed by atoms with Gasteiger partial charge < -0.3 is 14.8 Å². The van der Waals surface area contributed by atoms with Crippen LogP contribution in [0.4, 0.5) is 5.69 Å². The first-order valence-electron chi connectivity index (χ1n) is 6.38. The fourth-order valence-electron chi connectivity index (χ4n) is 2.31. The Labute approximate surface area is 126 Å². The summed E-state index contributed by atoms with van der Waals surface area (Å²) in [7, 11) is 1.95. The molecule has 1 aromatic heterocycles. The minimum Gasteiger partial charge on any atom is -0.454 e. The van der Waals surface area contributed by atoms with Crippen LogP contribution >= 0.6 is 15.9 Å². The van der Waals surface area contributed by atoms with E-state index in [1.54, 1.807) is 0 Å². The first-order chi connectivity index (χ1) is 9.56. The van der Waals surface area contributed by atoms with Gasteiger partial charge in [0.05, 0.1) is 17.1 Å². The number of aromatic nitrogens is 2. The summed E-state index contributed by atoms with van der Waals surface area (Å²) in [5.41, 5.74) is 4.33. The Balaban J connectivity index is 1.82. The van der Waals surface area contributed by atoms with Gasteiger partial charge in [-0.2, -0.15) is 5.10 Å². The van der Waals surface area contributed by atoms with Crippen molar-refractivity contribution in [2.24, 2.45) is 7.05 Å². The van der Waals surface area contributed by atoms with Gasteiger partial charge in [-0.15, -0.1) is 0 Å². The quantitative estimate of drug-likeness (QED) is 0.934. The molecule has 0 saturated heterocycles. The van der Waals surface area contributed by atoms with Crippen LogP contribution in [0.15, 0.2) is 16.6 Å². The highest BCUT2D eigenvalue weighted by molar-refractivity contribution is 9.10. The number of halogens is 1. The fraction of sp³-hybridized carbons (Fsp3) is 0.357. The molecule has 0 atom stereocenters. The van der Waals surface area contributed by atoms with Gasteiger partial charge in [-0.05, 0) is 31.5 Å². The van der Waals surface area contributed by atoms with Gasteiger partial charge in [-0.3, -0.25) is 4.68 Å². The zero-order valence-electron chi connectivity index (χ0n) is 11.7. The number of aryl methyl sites for hydroxylation is 2. The second-order valence-corrected chi connectivity index (χ2v) is 5.67. The zero-order chi connectivity index (χ0) is 14.3. The number of hydrogen-bond donors (Lipinski definition) is 1. The van der Waals surface area contributed by atoms with Crippen molar-refractivity contribution < 1.29 is 9.47 Å². The lowest BCUT2D eigenvalue weighted by molar-refractivity contribution is 0.174. The second-order valence-electron chi connectivity index (χ2n) is 4.82. The minimum absolute atomic E-state index is 0.291. The molecule has 0 amide bonds. The van der Waals surface area contributed by atoms with Gasteiger partial charge in [0.25, 0.3) is 0 Å². The maximum absolute atomic E-state index is 5.41. The molecule has 0 fully saturated rings. The van der Waals surface area contributed by atoms with Crippen LogP contribution in [0.5, 0.6) is 11.5 Å². The molecule has 0 aliphatic carbocycles. The zero-order valence-corrected chi connectivity index (χ0v) is 13.2. The topological polar surface area (TPSA) is 48.3 Å². The Morgan fingerprint density at radius 1 is 1.30 bits per heavy atom. The number of nitrogens with one attached hydrogen (secondary N) is 1. The molecular formula is C14H16BrN3O2. The van der Waals surface area contributed by atoms with Gasteiger partial charge in [-0.25, -0.2) is 0 Å². The number of benzene rings is 1. The smallest absolute Gasteiger partial charge is 0.231 e. The Kier molecular flexibility index (Phi) is 3.33. The number of rotatable bonds is 3. The predicted molar refractivity (Wildman–Crippen MR) is 80.3 cm³/mol. The lowest BCUT2D eigenvalue weighted by Gasteiger charge is -2.10. The third-order valence-electron chi connectivity index (χ3n) is 3.51. The van der Waals surface area contributed by atoms with Gasteiger partial charge in [0.1, 0.15) is 0 Å². The van der Waals surface area contributed by atoms with E-state index < -0.39 is 0 Å². The van der Waals surface area contributed by atoms with E-state index in [9.17, 15) is 0 Å². The van der Waals surface area contributed by atoms with Crippen molar-refractivity contribution in [2.75, 3.05) is 12.1 Å². The van der Waals surface area contributed by atoms with Crippen LogP contribution in [0.3, 0.4) is 0 Å². The first kappa shape index (κ1) is 13.3. The summed E-state index contributed by atoms with van der Waals surface area (Å²) in [6.07, 6.45) is 0. The molecule has 2 heterocycles.